The molecule has 84 valence electrons. The normalized spacial score (nSPS) is 16.6. The van der Waals surface area contributed by atoms with Crippen molar-refractivity contribution in [1.82, 2.24) is 0 Å². The zero-order chi connectivity index (χ0) is 11.8. The molecule has 1 aliphatic carbocycles. The summed E-state index contributed by atoms with van der Waals surface area (Å²) in [6, 6.07) is 4.30. The van der Waals surface area contributed by atoms with Gasteiger partial charge in [-0.1, -0.05) is 6.92 Å². The predicted octanol–water partition coefficient (Wildman–Crippen LogP) is 3.05. The SMILES string of the molecule is CC1(CNc2ccc(C#N)c(F)c2F)CC1. The molecule has 1 fully saturated rings. The van der Waals surface area contributed by atoms with E-state index in [0.717, 1.165) is 12.8 Å². The number of halogens is 2. The first kappa shape index (κ1) is 10.9. The Labute approximate surface area is 92.9 Å². The quantitative estimate of drug-likeness (QED) is 0.853. The molecule has 1 saturated carbocycles. The molecular formula is C12H12F2N2. The topological polar surface area (TPSA) is 35.8 Å². The molecule has 4 heteroatoms. The van der Waals surface area contributed by atoms with Crippen molar-refractivity contribution in [3.63, 3.8) is 0 Å². The highest BCUT2D eigenvalue weighted by atomic mass is 19.2. The number of nitriles is 1. The van der Waals surface area contributed by atoms with Crippen molar-refractivity contribution in [2.45, 2.75) is 19.8 Å². The van der Waals surface area contributed by atoms with Crippen LogP contribution in [0.2, 0.25) is 0 Å². The van der Waals surface area contributed by atoms with E-state index in [1.807, 2.05) is 0 Å². The summed E-state index contributed by atoms with van der Waals surface area (Å²) in [6.45, 7) is 2.73. The number of rotatable bonds is 3. The standard InChI is InChI=1S/C12H12F2N2/c1-12(4-5-12)7-16-9-3-2-8(6-15)10(13)11(9)14/h2-3,16H,4-5,7H2,1H3. The van der Waals surface area contributed by atoms with Gasteiger partial charge in [0.1, 0.15) is 6.07 Å². The maximum Gasteiger partial charge on any atom is 0.183 e. The van der Waals surface area contributed by atoms with Gasteiger partial charge < -0.3 is 5.32 Å². The fourth-order valence-corrected chi connectivity index (χ4v) is 1.47. The van der Waals surface area contributed by atoms with Gasteiger partial charge in [0, 0.05) is 6.54 Å². The zero-order valence-corrected chi connectivity index (χ0v) is 8.98. The van der Waals surface area contributed by atoms with Crippen LogP contribution in [-0.2, 0) is 0 Å². The highest BCUT2D eigenvalue weighted by Crippen LogP contribution is 2.44. The fourth-order valence-electron chi connectivity index (χ4n) is 1.47. The summed E-state index contributed by atoms with van der Waals surface area (Å²) in [6.07, 6.45) is 2.22. The molecule has 0 bridgehead atoms. The lowest BCUT2D eigenvalue weighted by molar-refractivity contribution is 0.506. The van der Waals surface area contributed by atoms with Crippen molar-refractivity contribution in [2.24, 2.45) is 5.41 Å². The smallest absolute Gasteiger partial charge is 0.183 e. The van der Waals surface area contributed by atoms with Gasteiger partial charge in [0.05, 0.1) is 11.3 Å². The summed E-state index contributed by atoms with van der Waals surface area (Å²) in [7, 11) is 0. The number of nitrogens with one attached hydrogen (secondary N) is 1. The van der Waals surface area contributed by atoms with Crippen LogP contribution in [0, 0.1) is 28.4 Å². The molecule has 0 unspecified atom stereocenters. The van der Waals surface area contributed by atoms with Crippen LogP contribution in [0.15, 0.2) is 12.1 Å². The lowest BCUT2D eigenvalue weighted by Gasteiger charge is -2.12. The van der Waals surface area contributed by atoms with E-state index in [1.165, 1.54) is 12.1 Å². The highest BCUT2D eigenvalue weighted by Gasteiger charge is 2.37. The Kier molecular flexibility index (Phi) is 2.55. The molecule has 0 heterocycles. The van der Waals surface area contributed by atoms with E-state index in [-0.39, 0.29) is 16.7 Å². The maximum atomic E-state index is 13.5. The van der Waals surface area contributed by atoms with E-state index in [0.29, 0.717) is 6.54 Å². The van der Waals surface area contributed by atoms with E-state index in [1.54, 1.807) is 6.07 Å². The molecule has 16 heavy (non-hydrogen) atoms. The highest BCUT2D eigenvalue weighted by molar-refractivity contribution is 5.50. The molecule has 1 N–H and O–H groups in total. The minimum atomic E-state index is -1.08. The Hall–Kier alpha value is -1.63. The second kappa shape index (κ2) is 3.75. The maximum absolute atomic E-state index is 13.5. The Morgan fingerprint density at radius 2 is 2.06 bits per heavy atom. The number of hydrogen-bond donors (Lipinski definition) is 1. The number of nitrogens with zero attached hydrogens (tertiary/aromatic N) is 1. The fraction of sp³-hybridized carbons (Fsp3) is 0.417. The van der Waals surface area contributed by atoms with Gasteiger partial charge >= 0.3 is 0 Å². The van der Waals surface area contributed by atoms with Crippen molar-refractivity contribution < 1.29 is 8.78 Å². The van der Waals surface area contributed by atoms with E-state index < -0.39 is 11.6 Å². The first-order chi connectivity index (χ1) is 7.56. The molecule has 0 aliphatic heterocycles. The Morgan fingerprint density at radius 3 is 2.62 bits per heavy atom. The number of benzene rings is 1. The van der Waals surface area contributed by atoms with Crippen LogP contribution >= 0.6 is 0 Å². The molecule has 0 aromatic heterocycles. The number of anilines is 1. The van der Waals surface area contributed by atoms with Crippen molar-refractivity contribution >= 4 is 5.69 Å². The van der Waals surface area contributed by atoms with E-state index >= 15 is 0 Å². The Morgan fingerprint density at radius 1 is 1.38 bits per heavy atom. The lowest BCUT2D eigenvalue weighted by atomic mass is 10.1. The first-order valence-corrected chi connectivity index (χ1v) is 5.18. The van der Waals surface area contributed by atoms with Gasteiger partial charge in [-0.2, -0.15) is 5.26 Å². The summed E-state index contributed by atoms with van der Waals surface area (Å²) in [4.78, 5) is 0. The van der Waals surface area contributed by atoms with Crippen molar-refractivity contribution in [3.05, 3.63) is 29.3 Å². The van der Waals surface area contributed by atoms with Crippen LogP contribution in [0.25, 0.3) is 0 Å². The molecule has 0 amide bonds. The predicted molar refractivity (Wildman–Crippen MR) is 56.9 cm³/mol. The number of hydrogen-bond acceptors (Lipinski definition) is 2. The van der Waals surface area contributed by atoms with Gasteiger partial charge in [-0.05, 0) is 30.4 Å². The third-order valence-corrected chi connectivity index (χ3v) is 3.01. The summed E-state index contributed by atoms with van der Waals surface area (Å²) in [5.74, 6) is -2.04. The van der Waals surface area contributed by atoms with Gasteiger partial charge in [-0.25, -0.2) is 8.78 Å². The monoisotopic (exact) mass is 222 g/mol. The molecule has 2 rings (SSSR count). The average Bonchev–Trinajstić information content (AvgIpc) is 2.99. The van der Waals surface area contributed by atoms with Crippen molar-refractivity contribution in [3.8, 4) is 6.07 Å². The Bertz CT molecular complexity index is 459. The summed E-state index contributed by atoms with van der Waals surface area (Å²) >= 11 is 0. The average molecular weight is 222 g/mol. The molecule has 1 aromatic carbocycles. The Balaban J connectivity index is 2.16. The molecule has 0 saturated heterocycles. The van der Waals surface area contributed by atoms with Crippen molar-refractivity contribution in [2.75, 3.05) is 11.9 Å². The minimum absolute atomic E-state index is 0.129. The molecule has 0 atom stereocenters. The minimum Gasteiger partial charge on any atom is -0.382 e. The third-order valence-electron chi connectivity index (χ3n) is 3.01. The lowest BCUT2D eigenvalue weighted by Crippen LogP contribution is -2.13. The first-order valence-electron chi connectivity index (χ1n) is 5.18. The van der Waals surface area contributed by atoms with Gasteiger partial charge in [0.2, 0.25) is 0 Å². The van der Waals surface area contributed by atoms with Crippen LogP contribution in [0.1, 0.15) is 25.3 Å². The molecule has 1 aliphatic rings. The summed E-state index contributed by atoms with van der Waals surface area (Å²) in [5, 5.41) is 11.4. The van der Waals surface area contributed by atoms with Gasteiger partial charge in [0.25, 0.3) is 0 Å². The van der Waals surface area contributed by atoms with Gasteiger partial charge in [-0.15, -0.1) is 0 Å². The van der Waals surface area contributed by atoms with Crippen LogP contribution in [0.4, 0.5) is 14.5 Å². The van der Waals surface area contributed by atoms with Gasteiger partial charge in [-0.3, -0.25) is 0 Å². The van der Waals surface area contributed by atoms with E-state index in [4.69, 9.17) is 5.26 Å². The second-order valence-electron chi connectivity index (χ2n) is 4.56. The van der Waals surface area contributed by atoms with Crippen LogP contribution in [0.3, 0.4) is 0 Å². The molecule has 0 radical (unpaired) electrons. The van der Waals surface area contributed by atoms with Crippen molar-refractivity contribution in [1.29, 1.82) is 5.26 Å². The molecular weight excluding hydrogens is 210 g/mol. The third kappa shape index (κ3) is 1.99. The van der Waals surface area contributed by atoms with E-state index in [2.05, 4.69) is 12.2 Å². The zero-order valence-electron chi connectivity index (χ0n) is 8.98. The van der Waals surface area contributed by atoms with Crippen LogP contribution < -0.4 is 5.32 Å². The van der Waals surface area contributed by atoms with Crippen LogP contribution in [0.5, 0.6) is 0 Å². The van der Waals surface area contributed by atoms with Gasteiger partial charge in [0.15, 0.2) is 11.6 Å². The summed E-state index contributed by atoms with van der Waals surface area (Å²) < 4.78 is 26.7. The van der Waals surface area contributed by atoms with E-state index in [9.17, 15) is 8.78 Å². The van der Waals surface area contributed by atoms with Crippen LogP contribution in [-0.4, -0.2) is 6.54 Å². The largest absolute Gasteiger partial charge is 0.382 e. The molecule has 1 aromatic rings. The summed E-state index contributed by atoms with van der Waals surface area (Å²) in [5.41, 5.74) is 0.0851. The second-order valence-corrected chi connectivity index (χ2v) is 4.56. The molecule has 0 spiro atoms. The molecule has 2 nitrogen and oxygen atoms in total.